The number of rotatable bonds is 4. The van der Waals surface area contributed by atoms with Gasteiger partial charge in [-0.3, -0.25) is 0 Å². The molecule has 2 aromatic carbocycles. The lowest BCUT2D eigenvalue weighted by Gasteiger charge is -2.20. The van der Waals surface area contributed by atoms with E-state index < -0.39 is 0 Å². The van der Waals surface area contributed by atoms with Gasteiger partial charge in [0.15, 0.2) is 5.82 Å². The molecule has 0 saturated carbocycles. The van der Waals surface area contributed by atoms with Crippen LogP contribution in [0.4, 0.5) is 21.6 Å². The number of benzene rings is 2. The minimum absolute atomic E-state index is 0.151. The van der Waals surface area contributed by atoms with E-state index in [1.165, 1.54) is 18.1 Å². The standard InChI is InChI=1S/C27H24FN5S/c28-23-6-2-1-4-19(23)16-33-13-11-18-14-21(8-10-25(18)33)32-27-26-24(30-17-31-27)15-22(34-26)9-7-20-5-3-12-29-20/h1-2,4,6,8,10,14-15,17,20,29H,3,5,11-13,16H2,(H,30,31,32)/t20-/m0/s1. The van der Waals surface area contributed by atoms with Crippen molar-refractivity contribution in [3.8, 4) is 11.8 Å². The second kappa shape index (κ2) is 9.05. The van der Waals surface area contributed by atoms with E-state index in [1.807, 2.05) is 18.2 Å². The summed E-state index contributed by atoms with van der Waals surface area (Å²) in [6, 6.07) is 15.7. The molecule has 2 aliphatic heterocycles. The normalized spacial score (nSPS) is 17.0. The molecule has 2 N–H and O–H groups in total. The fourth-order valence-corrected chi connectivity index (χ4v) is 5.57. The monoisotopic (exact) mass is 469 g/mol. The first-order chi connectivity index (χ1) is 16.7. The molecule has 0 bridgehead atoms. The van der Waals surface area contributed by atoms with E-state index >= 15 is 0 Å². The molecule has 1 fully saturated rings. The smallest absolute Gasteiger partial charge is 0.151 e. The van der Waals surface area contributed by atoms with Crippen LogP contribution in [0.25, 0.3) is 10.2 Å². The molecule has 1 saturated heterocycles. The van der Waals surface area contributed by atoms with E-state index in [4.69, 9.17) is 0 Å². The molecule has 0 aliphatic carbocycles. The molecular formula is C27H24FN5S. The van der Waals surface area contributed by atoms with Gasteiger partial charge in [0.1, 0.15) is 12.1 Å². The van der Waals surface area contributed by atoms with E-state index in [0.29, 0.717) is 12.6 Å². The number of aromatic nitrogens is 2. The molecule has 0 spiro atoms. The zero-order valence-corrected chi connectivity index (χ0v) is 19.5. The van der Waals surface area contributed by atoms with Crippen LogP contribution in [0, 0.1) is 17.7 Å². The summed E-state index contributed by atoms with van der Waals surface area (Å²) in [7, 11) is 0. The van der Waals surface area contributed by atoms with Gasteiger partial charge in [-0.25, -0.2) is 14.4 Å². The van der Waals surface area contributed by atoms with Crippen molar-refractivity contribution in [3.63, 3.8) is 0 Å². The van der Waals surface area contributed by atoms with Crippen LogP contribution >= 0.6 is 11.3 Å². The van der Waals surface area contributed by atoms with Gasteiger partial charge in [-0.15, -0.1) is 11.3 Å². The van der Waals surface area contributed by atoms with Crippen LogP contribution in [0.5, 0.6) is 0 Å². The van der Waals surface area contributed by atoms with E-state index in [9.17, 15) is 4.39 Å². The Balaban J connectivity index is 1.22. The molecule has 2 aromatic heterocycles. The third-order valence-electron chi connectivity index (χ3n) is 6.39. The average Bonchev–Trinajstić information content (AvgIpc) is 3.59. The largest absolute Gasteiger partial charge is 0.367 e. The SMILES string of the molecule is Fc1ccccc1CN1CCc2cc(Nc3ncnc4cc(C#C[C@@H]5CCCN5)sc34)ccc21. The summed E-state index contributed by atoms with van der Waals surface area (Å²) in [6.45, 7) is 2.51. The zero-order chi connectivity index (χ0) is 22.9. The second-order valence-electron chi connectivity index (χ2n) is 8.70. The maximum absolute atomic E-state index is 14.1. The van der Waals surface area contributed by atoms with Crippen LogP contribution in [0.15, 0.2) is 54.9 Å². The van der Waals surface area contributed by atoms with Crippen molar-refractivity contribution in [1.29, 1.82) is 0 Å². The maximum Gasteiger partial charge on any atom is 0.151 e. The molecule has 2 aliphatic rings. The first-order valence-electron chi connectivity index (χ1n) is 11.6. The molecule has 170 valence electrons. The fourth-order valence-electron chi connectivity index (χ4n) is 4.65. The van der Waals surface area contributed by atoms with Gasteiger partial charge in [-0.2, -0.15) is 0 Å². The Hall–Kier alpha value is -3.47. The molecule has 5 nitrogen and oxygen atoms in total. The van der Waals surface area contributed by atoms with Gasteiger partial charge in [-0.05, 0) is 61.7 Å². The topological polar surface area (TPSA) is 53.1 Å². The van der Waals surface area contributed by atoms with Gasteiger partial charge in [-0.1, -0.05) is 30.0 Å². The van der Waals surface area contributed by atoms with Crippen molar-refractivity contribution >= 4 is 38.7 Å². The summed E-state index contributed by atoms with van der Waals surface area (Å²) in [6.07, 6.45) is 4.83. The number of hydrogen-bond acceptors (Lipinski definition) is 6. The maximum atomic E-state index is 14.1. The van der Waals surface area contributed by atoms with Crippen molar-refractivity contribution in [2.24, 2.45) is 0 Å². The number of anilines is 3. The third kappa shape index (κ3) is 4.23. The Morgan fingerprint density at radius 3 is 3.00 bits per heavy atom. The first kappa shape index (κ1) is 21.1. The first-order valence-corrected chi connectivity index (χ1v) is 12.4. The highest BCUT2D eigenvalue weighted by Crippen LogP contribution is 2.35. The highest BCUT2D eigenvalue weighted by Gasteiger charge is 2.21. The number of halogens is 1. The predicted octanol–water partition coefficient (Wildman–Crippen LogP) is 5.24. The Labute approximate surface area is 202 Å². The third-order valence-corrected chi connectivity index (χ3v) is 7.44. The molecule has 1 atom stereocenters. The molecule has 4 heterocycles. The van der Waals surface area contributed by atoms with Crippen molar-refractivity contribution in [1.82, 2.24) is 15.3 Å². The molecule has 0 unspecified atom stereocenters. The van der Waals surface area contributed by atoms with Crippen LogP contribution < -0.4 is 15.5 Å². The number of hydrogen-bond donors (Lipinski definition) is 2. The van der Waals surface area contributed by atoms with Crippen LogP contribution in [0.1, 0.15) is 28.8 Å². The fraction of sp³-hybridized carbons (Fsp3) is 0.259. The molecule has 0 amide bonds. The molecule has 0 radical (unpaired) electrons. The van der Waals surface area contributed by atoms with Crippen LogP contribution in [0.3, 0.4) is 0 Å². The van der Waals surface area contributed by atoms with Crippen molar-refractivity contribution in [2.45, 2.75) is 31.8 Å². The van der Waals surface area contributed by atoms with E-state index in [1.54, 1.807) is 23.7 Å². The van der Waals surface area contributed by atoms with E-state index in [2.05, 4.69) is 55.5 Å². The van der Waals surface area contributed by atoms with Crippen molar-refractivity contribution in [2.75, 3.05) is 23.3 Å². The summed E-state index contributed by atoms with van der Waals surface area (Å²) in [4.78, 5) is 12.2. The van der Waals surface area contributed by atoms with Gasteiger partial charge in [0.2, 0.25) is 0 Å². The Kier molecular flexibility index (Phi) is 5.61. The summed E-state index contributed by atoms with van der Waals surface area (Å²) in [5.74, 6) is 7.29. The highest BCUT2D eigenvalue weighted by molar-refractivity contribution is 7.20. The lowest BCUT2D eigenvalue weighted by atomic mass is 10.1. The molecular weight excluding hydrogens is 445 g/mol. The van der Waals surface area contributed by atoms with Gasteiger partial charge < -0.3 is 15.5 Å². The Morgan fingerprint density at radius 1 is 1.18 bits per heavy atom. The summed E-state index contributed by atoms with van der Waals surface area (Å²) < 4.78 is 15.1. The van der Waals surface area contributed by atoms with Crippen LogP contribution in [-0.2, 0) is 13.0 Å². The van der Waals surface area contributed by atoms with Gasteiger partial charge in [0, 0.05) is 30.0 Å². The van der Waals surface area contributed by atoms with Crippen LogP contribution in [0.2, 0.25) is 0 Å². The lowest BCUT2D eigenvalue weighted by Crippen LogP contribution is -2.20. The summed E-state index contributed by atoms with van der Waals surface area (Å²) in [5.41, 5.74) is 5.04. The number of nitrogens with zero attached hydrogens (tertiary/aromatic N) is 3. The minimum Gasteiger partial charge on any atom is -0.367 e. The summed E-state index contributed by atoms with van der Waals surface area (Å²) >= 11 is 1.62. The Bertz CT molecular complexity index is 1410. The van der Waals surface area contributed by atoms with Gasteiger partial charge in [0.25, 0.3) is 0 Å². The number of thiophene rings is 1. The quantitative estimate of drug-likeness (QED) is 0.401. The van der Waals surface area contributed by atoms with E-state index in [0.717, 1.165) is 63.8 Å². The van der Waals surface area contributed by atoms with Gasteiger partial charge >= 0.3 is 0 Å². The lowest BCUT2D eigenvalue weighted by molar-refractivity contribution is 0.606. The van der Waals surface area contributed by atoms with Crippen molar-refractivity contribution < 1.29 is 4.39 Å². The van der Waals surface area contributed by atoms with Crippen molar-refractivity contribution in [3.05, 3.63) is 76.7 Å². The molecule has 34 heavy (non-hydrogen) atoms. The molecule has 7 heteroatoms. The molecule has 4 aromatic rings. The number of nitrogens with one attached hydrogen (secondary N) is 2. The molecule has 6 rings (SSSR count). The average molecular weight is 470 g/mol. The summed E-state index contributed by atoms with van der Waals surface area (Å²) in [5, 5.41) is 6.89. The number of fused-ring (bicyclic) bond motifs is 2. The zero-order valence-electron chi connectivity index (χ0n) is 18.6. The predicted molar refractivity (Wildman–Crippen MR) is 136 cm³/mol. The second-order valence-corrected chi connectivity index (χ2v) is 9.75. The van der Waals surface area contributed by atoms with E-state index in [-0.39, 0.29) is 5.82 Å². The highest BCUT2D eigenvalue weighted by atomic mass is 32.1. The van der Waals surface area contributed by atoms with Crippen LogP contribution in [-0.4, -0.2) is 29.1 Å². The minimum atomic E-state index is -0.151. The van der Waals surface area contributed by atoms with Gasteiger partial charge in [0.05, 0.1) is 21.1 Å². The Morgan fingerprint density at radius 2 is 2.12 bits per heavy atom.